The largest absolute Gasteiger partial charge is 0.349 e. The lowest BCUT2D eigenvalue weighted by molar-refractivity contribution is -0.125. The van der Waals surface area contributed by atoms with Gasteiger partial charge in [-0.1, -0.05) is 54.9 Å². The van der Waals surface area contributed by atoms with Gasteiger partial charge < -0.3 is 11.1 Å². The molecule has 3 nitrogen and oxygen atoms in total. The third-order valence-corrected chi connectivity index (χ3v) is 4.25. The number of carbonyl (C=O) groups is 1. The average molecular weight is 371 g/mol. The first-order valence-electron chi connectivity index (χ1n) is 7.46. The molecule has 0 saturated carbocycles. The third kappa shape index (κ3) is 4.94. The van der Waals surface area contributed by atoms with Crippen LogP contribution in [0.3, 0.4) is 0 Å². The molecule has 3 N–H and O–H groups in total. The Kier molecular flexibility index (Phi) is 7.67. The average Bonchev–Trinajstić information content (AvgIpc) is 2.54. The topological polar surface area (TPSA) is 55.1 Å². The third-order valence-electron chi connectivity index (χ3n) is 3.92. The van der Waals surface area contributed by atoms with Crippen molar-refractivity contribution in [1.82, 2.24) is 5.32 Å². The Morgan fingerprint density at radius 3 is 2.38 bits per heavy atom. The summed E-state index contributed by atoms with van der Waals surface area (Å²) in [5, 5.41) is 3.17. The van der Waals surface area contributed by atoms with Gasteiger partial charge in [-0.05, 0) is 30.2 Å². The van der Waals surface area contributed by atoms with Crippen LogP contribution in [0.2, 0.25) is 5.02 Å². The van der Waals surface area contributed by atoms with E-state index in [1.54, 1.807) is 19.9 Å². The lowest BCUT2D eigenvalue weighted by atomic mass is 9.94. The number of benzene rings is 2. The molecule has 2 aromatic rings. The van der Waals surface area contributed by atoms with Gasteiger partial charge in [0.05, 0.1) is 12.0 Å². The van der Waals surface area contributed by atoms with Crippen LogP contribution in [0, 0.1) is 11.7 Å². The maximum atomic E-state index is 13.1. The van der Waals surface area contributed by atoms with Crippen molar-refractivity contribution in [1.29, 1.82) is 0 Å². The highest BCUT2D eigenvalue weighted by Gasteiger charge is 2.24. The first-order chi connectivity index (χ1) is 10.9. The first kappa shape index (κ1) is 20.4. The highest BCUT2D eigenvalue weighted by molar-refractivity contribution is 6.31. The second-order valence-corrected chi connectivity index (χ2v) is 6.03. The zero-order valence-electron chi connectivity index (χ0n) is 13.5. The van der Waals surface area contributed by atoms with Crippen LogP contribution in [0.15, 0.2) is 48.5 Å². The maximum Gasteiger partial charge on any atom is 0.225 e. The second-order valence-electron chi connectivity index (χ2n) is 5.62. The molecule has 1 amide bonds. The number of hydrogen-bond acceptors (Lipinski definition) is 2. The van der Waals surface area contributed by atoms with E-state index in [0.29, 0.717) is 5.56 Å². The van der Waals surface area contributed by atoms with Crippen LogP contribution in [0.4, 0.5) is 4.39 Å². The summed E-state index contributed by atoms with van der Waals surface area (Å²) >= 11 is 6.03. The number of carbonyl (C=O) groups excluding carboxylic acids is 1. The number of hydrogen-bond donors (Lipinski definition) is 2. The number of amides is 1. The van der Waals surface area contributed by atoms with E-state index < -0.39 is 17.8 Å². The van der Waals surface area contributed by atoms with Crippen LogP contribution in [-0.2, 0) is 4.79 Å². The van der Waals surface area contributed by atoms with Crippen molar-refractivity contribution in [2.45, 2.75) is 25.9 Å². The van der Waals surface area contributed by atoms with E-state index >= 15 is 0 Å². The quantitative estimate of drug-likeness (QED) is 0.818. The summed E-state index contributed by atoms with van der Waals surface area (Å²) in [4.78, 5) is 12.4. The molecule has 0 bridgehead atoms. The van der Waals surface area contributed by atoms with Crippen molar-refractivity contribution < 1.29 is 9.18 Å². The van der Waals surface area contributed by atoms with Crippen LogP contribution >= 0.6 is 24.0 Å². The Balaban J connectivity index is 0.00000288. The van der Waals surface area contributed by atoms with E-state index in [9.17, 15) is 9.18 Å². The van der Waals surface area contributed by atoms with Gasteiger partial charge in [-0.3, -0.25) is 4.79 Å². The van der Waals surface area contributed by atoms with Crippen LogP contribution in [0.1, 0.15) is 37.1 Å². The summed E-state index contributed by atoms with van der Waals surface area (Å²) in [5.41, 5.74) is 7.74. The van der Waals surface area contributed by atoms with Gasteiger partial charge in [-0.15, -0.1) is 12.4 Å². The number of nitrogens with two attached hydrogens (primary N) is 1. The van der Waals surface area contributed by atoms with Gasteiger partial charge in [0.15, 0.2) is 0 Å². The normalized spacial score (nSPS) is 14.2. The molecular weight excluding hydrogens is 350 g/mol. The molecule has 0 heterocycles. The number of nitrogens with one attached hydrogen (secondary N) is 1. The summed E-state index contributed by atoms with van der Waals surface area (Å²) in [6.45, 7) is 3.59. The minimum atomic E-state index is -0.406. The van der Waals surface area contributed by atoms with E-state index in [2.05, 4.69) is 5.32 Å². The summed E-state index contributed by atoms with van der Waals surface area (Å²) < 4.78 is 13.1. The van der Waals surface area contributed by atoms with Gasteiger partial charge in [0, 0.05) is 11.1 Å². The molecule has 0 aliphatic heterocycles. The SMILES string of the molecule is CC(NC(=O)C(C)C(N)c1ccccc1)c1ccc(F)cc1Cl.Cl. The molecule has 24 heavy (non-hydrogen) atoms. The summed E-state index contributed by atoms with van der Waals surface area (Å²) in [7, 11) is 0. The number of halogens is 3. The standard InChI is InChI=1S/C18H20ClFN2O.ClH/c1-11(17(21)13-6-4-3-5-7-13)18(23)22-12(2)15-9-8-14(20)10-16(15)19;/h3-12,17H,21H2,1-2H3,(H,22,23);1H. The van der Waals surface area contributed by atoms with Crippen LogP contribution < -0.4 is 11.1 Å². The molecule has 3 atom stereocenters. The predicted octanol–water partition coefficient (Wildman–Crippen LogP) is 4.41. The van der Waals surface area contributed by atoms with Crippen LogP contribution in [0.5, 0.6) is 0 Å². The van der Waals surface area contributed by atoms with Gasteiger partial charge in [-0.25, -0.2) is 4.39 Å². The lowest BCUT2D eigenvalue weighted by Crippen LogP contribution is -2.37. The Bertz CT molecular complexity index is 682. The van der Waals surface area contributed by atoms with Crippen molar-refractivity contribution in [3.8, 4) is 0 Å². The van der Waals surface area contributed by atoms with Crippen LogP contribution in [0.25, 0.3) is 0 Å². The van der Waals surface area contributed by atoms with Gasteiger partial charge in [0.2, 0.25) is 5.91 Å². The van der Waals surface area contributed by atoms with Gasteiger partial charge in [0.25, 0.3) is 0 Å². The Hall–Kier alpha value is -1.62. The Labute approximate surface area is 152 Å². The number of rotatable bonds is 5. The minimum absolute atomic E-state index is 0. The van der Waals surface area contributed by atoms with Crippen LogP contribution in [-0.4, -0.2) is 5.91 Å². The fraction of sp³-hybridized carbons (Fsp3) is 0.278. The van der Waals surface area contributed by atoms with Gasteiger partial charge in [0.1, 0.15) is 5.82 Å². The molecule has 0 aliphatic carbocycles. The fourth-order valence-corrected chi connectivity index (χ4v) is 2.73. The van der Waals surface area contributed by atoms with Crippen molar-refractivity contribution in [3.63, 3.8) is 0 Å². The second kappa shape index (κ2) is 9.02. The zero-order chi connectivity index (χ0) is 17.0. The lowest BCUT2D eigenvalue weighted by Gasteiger charge is -2.23. The summed E-state index contributed by atoms with van der Waals surface area (Å²) in [6.07, 6.45) is 0. The van der Waals surface area contributed by atoms with Crippen molar-refractivity contribution >= 4 is 29.9 Å². The van der Waals surface area contributed by atoms with E-state index in [1.165, 1.54) is 12.1 Å². The molecule has 0 fully saturated rings. The molecule has 2 rings (SSSR count). The molecule has 0 aliphatic rings. The predicted molar refractivity (Wildman–Crippen MR) is 97.8 cm³/mol. The minimum Gasteiger partial charge on any atom is -0.349 e. The maximum absolute atomic E-state index is 13.1. The molecule has 0 spiro atoms. The zero-order valence-corrected chi connectivity index (χ0v) is 15.1. The van der Waals surface area contributed by atoms with Gasteiger partial charge in [-0.2, -0.15) is 0 Å². The molecule has 3 unspecified atom stereocenters. The van der Waals surface area contributed by atoms with Crippen molar-refractivity contribution in [2.75, 3.05) is 0 Å². The molecule has 130 valence electrons. The van der Waals surface area contributed by atoms with E-state index in [4.69, 9.17) is 17.3 Å². The Morgan fingerprint density at radius 2 is 1.79 bits per heavy atom. The summed E-state index contributed by atoms with van der Waals surface area (Å²) in [6, 6.07) is 12.9. The van der Waals surface area contributed by atoms with E-state index in [1.807, 2.05) is 30.3 Å². The van der Waals surface area contributed by atoms with Crippen molar-refractivity contribution in [2.24, 2.45) is 11.7 Å². The van der Waals surface area contributed by atoms with E-state index in [0.717, 1.165) is 5.56 Å². The smallest absolute Gasteiger partial charge is 0.225 e. The molecule has 0 saturated heterocycles. The molecular formula is C18H21Cl2FN2O. The highest BCUT2D eigenvalue weighted by Crippen LogP contribution is 2.25. The molecule has 6 heteroatoms. The van der Waals surface area contributed by atoms with E-state index in [-0.39, 0.29) is 29.4 Å². The molecule has 0 aromatic heterocycles. The van der Waals surface area contributed by atoms with Crippen molar-refractivity contribution in [3.05, 3.63) is 70.5 Å². The molecule has 0 radical (unpaired) electrons. The van der Waals surface area contributed by atoms with Gasteiger partial charge >= 0.3 is 0 Å². The monoisotopic (exact) mass is 370 g/mol. The summed E-state index contributed by atoms with van der Waals surface area (Å²) in [5.74, 6) is -0.981. The first-order valence-corrected chi connectivity index (χ1v) is 7.83. The molecule has 2 aromatic carbocycles. The highest BCUT2D eigenvalue weighted by atomic mass is 35.5. The Morgan fingerprint density at radius 1 is 1.17 bits per heavy atom. The fourth-order valence-electron chi connectivity index (χ4n) is 2.40.